The van der Waals surface area contributed by atoms with Gasteiger partial charge in [-0.25, -0.2) is 4.98 Å². The van der Waals surface area contributed by atoms with Gasteiger partial charge in [-0.2, -0.15) is 0 Å². The Labute approximate surface area is 202 Å². The predicted molar refractivity (Wildman–Crippen MR) is 137 cm³/mol. The molecule has 6 nitrogen and oxygen atoms in total. The van der Waals surface area contributed by atoms with Gasteiger partial charge in [-0.3, -0.25) is 9.59 Å². The molecule has 0 fully saturated rings. The standard InChI is InChI=1S/C27H27N3O3S/c1-2-15-30(17-19-7-9-21(10-8-19)26(33)28-14-13-25(31)32)27-29-24(18-34-27)23-12-11-20-5-3-4-6-22(20)16-23/h3-12,16,18H,2,13-15,17H2,1H3,(H,28,33)(H,31,32). The van der Waals surface area contributed by atoms with E-state index in [1.54, 1.807) is 23.5 Å². The summed E-state index contributed by atoms with van der Waals surface area (Å²) in [6, 6.07) is 22.2. The number of rotatable bonds is 10. The number of anilines is 1. The fraction of sp³-hybridized carbons (Fsp3) is 0.222. The summed E-state index contributed by atoms with van der Waals surface area (Å²) in [6.45, 7) is 3.83. The first-order chi connectivity index (χ1) is 16.5. The average molecular weight is 474 g/mol. The van der Waals surface area contributed by atoms with E-state index in [2.05, 4.69) is 52.9 Å². The van der Waals surface area contributed by atoms with E-state index in [1.807, 2.05) is 24.3 Å². The van der Waals surface area contributed by atoms with Gasteiger partial charge in [0.05, 0.1) is 12.1 Å². The van der Waals surface area contributed by atoms with Gasteiger partial charge in [0.2, 0.25) is 0 Å². The zero-order valence-corrected chi connectivity index (χ0v) is 19.8. The van der Waals surface area contributed by atoms with Crippen LogP contribution in [0.25, 0.3) is 22.0 Å². The molecule has 7 heteroatoms. The zero-order valence-electron chi connectivity index (χ0n) is 19.0. The highest BCUT2D eigenvalue weighted by molar-refractivity contribution is 7.14. The maximum absolute atomic E-state index is 12.2. The van der Waals surface area contributed by atoms with Crippen molar-refractivity contribution < 1.29 is 14.7 Å². The molecule has 1 aromatic heterocycles. The van der Waals surface area contributed by atoms with Crippen LogP contribution in [-0.2, 0) is 11.3 Å². The van der Waals surface area contributed by atoms with Crippen LogP contribution in [0.5, 0.6) is 0 Å². The Bertz CT molecular complexity index is 1280. The molecule has 3 aromatic carbocycles. The second-order valence-electron chi connectivity index (χ2n) is 8.10. The van der Waals surface area contributed by atoms with Crippen molar-refractivity contribution >= 4 is 39.1 Å². The summed E-state index contributed by atoms with van der Waals surface area (Å²) < 4.78 is 0. The van der Waals surface area contributed by atoms with Crippen LogP contribution in [0, 0.1) is 0 Å². The molecule has 0 aliphatic heterocycles. The van der Waals surface area contributed by atoms with Crippen LogP contribution in [0.1, 0.15) is 35.7 Å². The number of carbonyl (C=O) groups is 2. The number of amides is 1. The van der Waals surface area contributed by atoms with Gasteiger partial charge in [-0.1, -0.05) is 55.5 Å². The minimum absolute atomic E-state index is 0.0925. The molecular weight excluding hydrogens is 446 g/mol. The first-order valence-electron chi connectivity index (χ1n) is 11.3. The normalized spacial score (nSPS) is 10.9. The van der Waals surface area contributed by atoms with Crippen LogP contribution in [0.15, 0.2) is 72.1 Å². The molecule has 34 heavy (non-hydrogen) atoms. The van der Waals surface area contributed by atoms with E-state index in [0.717, 1.165) is 34.9 Å². The van der Waals surface area contributed by atoms with E-state index in [4.69, 9.17) is 10.1 Å². The van der Waals surface area contributed by atoms with Crippen LogP contribution in [-0.4, -0.2) is 35.1 Å². The first kappa shape index (κ1) is 23.4. The molecule has 0 aliphatic rings. The Morgan fingerprint density at radius 3 is 2.53 bits per heavy atom. The fourth-order valence-electron chi connectivity index (χ4n) is 3.77. The summed E-state index contributed by atoms with van der Waals surface area (Å²) in [5.41, 5.74) is 3.68. The lowest BCUT2D eigenvalue weighted by atomic mass is 10.1. The molecule has 0 aliphatic carbocycles. The number of carboxylic acids is 1. The smallest absolute Gasteiger partial charge is 0.305 e. The quantitative estimate of drug-likeness (QED) is 0.314. The van der Waals surface area contributed by atoms with Gasteiger partial charge in [0.25, 0.3) is 5.91 Å². The van der Waals surface area contributed by atoms with Crippen molar-refractivity contribution in [2.75, 3.05) is 18.0 Å². The molecule has 174 valence electrons. The molecular formula is C27H27N3O3S. The summed E-state index contributed by atoms with van der Waals surface area (Å²) in [5.74, 6) is -1.20. The topological polar surface area (TPSA) is 82.5 Å². The van der Waals surface area contributed by atoms with Crippen molar-refractivity contribution in [3.63, 3.8) is 0 Å². The van der Waals surface area contributed by atoms with E-state index < -0.39 is 5.97 Å². The van der Waals surface area contributed by atoms with E-state index in [-0.39, 0.29) is 18.9 Å². The molecule has 4 aromatic rings. The summed E-state index contributed by atoms with van der Waals surface area (Å²) in [5, 5.41) is 16.8. The summed E-state index contributed by atoms with van der Waals surface area (Å²) >= 11 is 1.64. The highest BCUT2D eigenvalue weighted by Gasteiger charge is 2.14. The minimum Gasteiger partial charge on any atom is -0.481 e. The lowest BCUT2D eigenvalue weighted by Crippen LogP contribution is -2.26. The van der Waals surface area contributed by atoms with Gasteiger partial charge in [0.15, 0.2) is 5.13 Å². The second-order valence-corrected chi connectivity index (χ2v) is 8.93. The van der Waals surface area contributed by atoms with Crippen molar-refractivity contribution in [3.8, 4) is 11.3 Å². The lowest BCUT2D eigenvalue weighted by Gasteiger charge is -2.21. The zero-order chi connectivity index (χ0) is 23.9. The Kier molecular flexibility index (Phi) is 7.54. The van der Waals surface area contributed by atoms with Gasteiger partial charge >= 0.3 is 5.97 Å². The van der Waals surface area contributed by atoms with Gasteiger partial charge in [-0.15, -0.1) is 11.3 Å². The maximum atomic E-state index is 12.2. The molecule has 0 unspecified atom stereocenters. The summed E-state index contributed by atoms with van der Waals surface area (Å²) in [7, 11) is 0. The number of carbonyl (C=O) groups excluding carboxylic acids is 1. The molecule has 0 spiro atoms. The van der Waals surface area contributed by atoms with Crippen LogP contribution in [0.4, 0.5) is 5.13 Å². The summed E-state index contributed by atoms with van der Waals surface area (Å²) in [6.07, 6.45) is 0.903. The molecule has 2 N–H and O–H groups in total. The monoisotopic (exact) mass is 473 g/mol. The molecule has 0 bridgehead atoms. The van der Waals surface area contributed by atoms with E-state index >= 15 is 0 Å². The molecule has 0 atom stereocenters. The molecule has 1 heterocycles. The van der Waals surface area contributed by atoms with Crippen LogP contribution < -0.4 is 10.2 Å². The van der Waals surface area contributed by atoms with Crippen LogP contribution in [0.2, 0.25) is 0 Å². The Morgan fingerprint density at radius 2 is 1.79 bits per heavy atom. The Balaban J connectivity index is 1.45. The highest BCUT2D eigenvalue weighted by Crippen LogP contribution is 2.30. The number of hydrogen-bond donors (Lipinski definition) is 2. The molecule has 4 rings (SSSR count). The number of nitrogens with one attached hydrogen (secondary N) is 1. The van der Waals surface area contributed by atoms with Gasteiger partial charge in [-0.05, 0) is 41.0 Å². The number of aliphatic carboxylic acids is 1. The number of thiazole rings is 1. The first-order valence-corrected chi connectivity index (χ1v) is 12.2. The third-order valence-corrected chi connectivity index (χ3v) is 6.42. The van der Waals surface area contributed by atoms with Crippen molar-refractivity contribution in [1.82, 2.24) is 10.3 Å². The summed E-state index contributed by atoms with van der Waals surface area (Å²) in [4.78, 5) is 30.0. The van der Waals surface area contributed by atoms with Crippen molar-refractivity contribution in [2.24, 2.45) is 0 Å². The van der Waals surface area contributed by atoms with Gasteiger partial charge < -0.3 is 15.3 Å². The van der Waals surface area contributed by atoms with E-state index in [0.29, 0.717) is 12.1 Å². The van der Waals surface area contributed by atoms with Crippen molar-refractivity contribution in [2.45, 2.75) is 26.3 Å². The number of carboxylic acid groups (broad SMARTS) is 1. The number of benzene rings is 3. The van der Waals surface area contributed by atoms with Crippen LogP contribution in [0.3, 0.4) is 0 Å². The highest BCUT2D eigenvalue weighted by atomic mass is 32.1. The number of nitrogens with zero attached hydrogens (tertiary/aromatic N) is 2. The fourth-order valence-corrected chi connectivity index (χ4v) is 4.63. The molecule has 1 amide bonds. The third-order valence-electron chi connectivity index (χ3n) is 5.52. The van der Waals surface area contributed by atoms with Crippen LogP contribution >= 0.6 is 11.3 Å². The van der Waals surface area contributed by atoms with E-state index in [1.165, 1.54) is 10.8 Å². The Morgan fingerprint density at radius 1 is 1.03 bits per heavy atom. The predicted octanol–water partition coefficient (Wildman–Crippen LogP) is 5.58. The van der Waals surface area contributed by atoms with Gasteiger partial charge in [0, 0.05) is 36.1 Å². The van der Waals surface area contributed by atoms with Gasteiger partial charge in [0.1, 0.15) is 0 Å². The maximum Gasteiger partial charge on any atom is 0.305 e. The lowest BCUT2D eigenvalue weighted by molar-refractivity contribution is -0.136. The molecule has 0 saturated heterocycles. The second kappa shape index (κ2) is 10.9. The largest absolute Gasteiger partial charge is 0.481 e. The minimum atomic E-state index is -0.933. The number of fused-ring (bicyclic) bond motifs is 1. The third kappa shape index (κ3) is 5.80. The molecule has 0 saturated carbocycles. The number of aromatic nitrogens is 1. The molecule has 0 radical (unpaired) electrons. The van der Waals surface area contributed by atoms with Crippen molar-refractivity contribution in [1.29, 1.82) is 0 Å². The number of hydrogen-bond acceptors (Lipinski definition) is 5. The van der Waals surface area contributed by atoms with Crippen molar-refractivity contribution in [3.05, 3.63) is 83.2 Å². The average Bonchev–Trinajstić information content (AvgIpc) is 3.34. The SMILES string of the molecule is CCCN(Cc1ccc(C(=O)NCCC(=O)O)cc1)c1nc(-c2ccc3ccccc3c2)cs1. The van der Waals surface area contributed by atoms with E-state index in [9.17, 15) is 9.59 Å². The Hall–Kier alpha value is -3.71.